The van der Waals surface area contributed by atoms with Gasteiger partial charge in [-0.2, -0.15) is 0 Å². The van der Waals surface area contributed by atoms with Gasteiger partial charge in [0.1, 0.15) is 10.8 Å². The number of aromatic nitrogens is 1. The summed E-state index contributed by atoms with van der Waals surface area (Å²) >= 11 is 1.82. The second kappa shape index (κ2) is 5.30. The standard InChI is InChI=1S/C18H18N2OS/c1-12-11-22-18-15(12)10-19-17(16-4-3-9-20(16)18)13-5-7-14(21-2)8-6-13/h3-9,11,17,19H,10H2,1-2H3. The molecule has 4 rings (SSSR count). The van der Waals surface area contributed by atoms with Crippen LogP contribution in [0.25, 0.3) is 5.00 Å². The molecular weight excluding hydrogens is 292 g/mol. The van der Waals surface area contributed by atoms with Gasteiger partial charge in [-0.15, -0.1) is 11.3 Å². The van der Waals surface area contributed by atoms with Gasteiger partial charge in [-0.3, -0.25) is 0 Å². The monoisotopic (exact) mass is 310 g/mol. The van der Waals surface area contributed by atoms with Crippen molar-refractivity contribution in [1.29, 1.82) is 0 Å². The van der Waals surface area contributed by atoms with Crippen LogP contribution in [0.15, 0.2) is 48.0 Å². The Hall–Kier alpha value is -2.04. The zero-order valence-corrected chi connectivity index (χ0v) is 13.5. The number of methoxy groups -OCH3 is 1. The third-order valence-electron chi connectivity index (χ3n) is 4.31. The molecule has 0 bridgehead atoms. The average Bonchev–Trinajstić information content (AvgIpc) is 3.12. The van der Waals surface area contributed by atoms with Crippen LogP contribution in [0.4, 0.5) is 0 Å². The number of ether oxygens (including phenoxy) is 1. The lowest BCUT2D eigenvalue weighted by Crippen LogP contribution is -2.21. The van der Waals surface area contributed by atoms with Crippen molar-refractivity contribution in [3.05, 3.63) is 70.4 Å². The summed E-state index contributed by atoms with van der Waals surface area (Å²) in [6.45, 7) is 3.08. The Labute approximate surface area is 134 Å². The fourth-order valence-corrected chi connectivity index (χ4v) is 4.17. The first kappa shape index (κ1) is 13.6. The van der Waals surface area contributed by atoms with Gasteiger partial charge in [0.2, 0.25) is 0 Å². The molecule has 1 N–H and O–H groups in total. The Bertz CT molecular complexity index is 801. The van der Waals surface area contributed by atoms with Crippen molar-refractivity contribution < 1.29 is 4.74 Å². The Morgan fingerprint density at radius 3 is 2.82 bits per heavy atom. The van der Waals surface area contributed by atoms with E-state index < -0.39 is 0 Å². The Balaban J connectivity index is 1.80. The highest BCUT2D eigenvalue weighted by molar-refractivity contribution is 7.12. The topological polar surface area (TPSA) is 26.2 Å². The Kier molecular flexibility index (Phi) is 3.28. The van der Waals surface area contributed by atoms with Crippen LogP contribution in [0.1, 0.15) is 28.4 Å². The molecule has 22 heavy (non-hydrogen) atoms. The minimum atomic E-state index is 0.194. The third-order valence-corrected chi connectivity index (χ3v) is 5.45. The van der Waals surface area contributed by atoms with Gasteiger partial charge in [-0.1, -0.05) is 12.1 Å². The quantitative estimate of drug-likeness (QED) is 0.773. The average molecular weight is 310 g/mol. The van der Waals surface area contributed by atoms with E-state index >= 15 is 0 Å². The van der Waals surface area contributed by atoms with Gasteiger partial charge in [-0.25, -0.2) is 0 Å². The van der Waals surface area contributed by atoms with Crippen LogP contribution in [0.2, 0.25) is 0 Å². The summed E-state index contributed by atoms with van der Waals surface area (Å²) in [5.41, 5.74) is 5.31. The van der Waals surface area contributed by atoms with E-state index in [0.29, 0.717) is 0 Å². The molecule has 0 spiro atoms. The molecule has 4 heteroatoms. The zero-order valence-electron chi connectivity index (χ0n) is 12.7. The maximum Gasteiger partial charge on any atom is 0.118 e. The smallest absolute Gasteiger partial charge is 0.118 e. The molecule has 1 aromatic carbocycles. The summed E-state index contributed by atoms with van der Waals surface area (Å²) in [7, 11) is 1.70. The maximum atomic E-state index is 5.27. The molecule has 1 unspecified atom stereocenters. The largest absolute Gasteiger partial charge is 0.497 e. The normalized spacial score (nSPS) is 16.7. The summed E-state index contributed by atoms with van der Waals surface area (Å²) in [4.78, 5) is 0. The number of benzene rings is 1. The molecule has 0 radical (unpaired) electrons. The van der Waals surface area contributed by atoms with Crippen molar-refractivity contribution in [2.24, 2.45) is 0 Å². The molecule has 1 atom stereocenters. The van der Waals surface area contributed by atoms with Gasteiger partial charge < -0.3 is 14.6 Å². The minimum absolute atomic E-state index is 0.194. The van der Waals surface area contributed by atoms with Crippen LogP contribution in [-0.2, 0) is 6.54 Å². The SMILES string of the molecule is COc1ccc(C2NCc3c(C)csc3-n3cccc32)cc1. The minimum Gasteiger partial charge on any atom is -0.497 e. The van der Waals surface area contributed by atoms with Gasteiger partial charge >= 0.3 is 0 Å². The first-order chi connectivity index (χ1) is 10.8. The van der Waals surface area contributed by atoms with E-state index in [-0.39, 0.29) is 6.04 Å². The van der Waals surface area contributed by atoms with Crippen molar-refractivity contribution >= 4 is 11.3 Å². The number of fused-ring (bicyclic) bond motifs is 3. The number of nitrogens with zero attached hydrogens (tertiary/aromatic N) is 1. The van der Waals surface area contributed by atoms with Gasteiger partial charge in [0, 0.05) is 24.0 Å². The lowest BCUT2D eigenvalue weighted by Gasteiger charge is -2.18. The Morgan fingerprint density at radius 1 is 1.23 bits per heavy atom. The van der Waals surface area contributed by atoms with Crippen molar-refractivity contribution in [3.8, 4) is 10.8 Å². The van der Waals surface area contributed by atoms with Crippen LogP contribution >= 0.6 is 11.3 Å². The van der Waals surface area contributed by atoms with E-state index in [4.69, 9.17) is 4.74 Å². The number of nitrogens with one attached hydrogen (secondary N) is 1. The summed E-state index contributed by atoms with van der Waals surface area (Å²) in [6, 6.07) is 12.8. The van der Waals surface area contributed by atoms with E-state index in [2.05, 4.69) is 52.7 Å². The van der Waals surface area contributed by atoms with Gasteiger partial charge in [-0.05, 0) is 47.7 Å². The molecular formula is C18H18N2OS. The second-order valence-electron chi connectivity index (χ2n) is 5.59. The molecule has 1 aliphatic heterocycles. The highest BCUT2D eigenvalue weighted by atomic mass is 32.1. The molecule has 3 aromatic rings. The first-order valence-electron chi connectivity index (χ1n) is 7.40. The molecule has 0 fully saturated rings. The number of rotatable bonds is 2. The van der Waals surface area contributed by atoms with Crippen LogP contribution in [0, 0.1) is 6.92 Å². The number of hydrogen-bond acceptors (Lipinski definition) is 3. The molecule has 112 valence electrons. The van der Waals surface area contributed by atoms with Gasteiger partial charge in [0.25, 0.3) is 0 Å². The summed E-state index contributed by atoms with van der Waals surface area (Å²) in [6.07, 6.45) is 2.16. The highest BCUT2D eigenvalue weighted by Gasteiger charge is 2.24. The van der Waals surface area contributed by atoms with E-state index in [0.717, 1.165) is 12.3 Å². The lowest BCUT2D eigenvalue weighted by atomic mass is 10.0. The summed E-state index contributed by atoms with van der Waals surface area (Å²) < 4.78 is 7.59. The fraction of sp³-hybridized carbons (Fsp3) is 0.222. The lowest BCUT2D eigenvalue weighted by molar-refractivity contribution is 0.414. The number of thiophene rings is 1. The van der Waals surface area contributed by atoms with Crippen molar-refractivity contribution in [2.75, 3.05) is 7.11 Å². The molecule has 0 aliphatic carbocycles. The van der Waals surface area contributed by atoms with Crippen LogP contribution < -0.4 is 10.1 Å². The molecule has 0 saturated carbocycles. The first-order valence-corrected chi connectivity index (χ1v) is 8.28. The van der Waals surface area contributed by atoms with Gasteiger partial charge in [0.15, 0.2) is 0 Å². The maximum absolute atomic E-state index is 5.27. The molecule has 1 aliphatic rings. The molecule has 3 nitrogen and oxygen atoms in total. The Morgan fingerprint density at radius 2 is 2.05 bits per heavy atom. The molecule has 2 aromatic heterocycles. The summed E-state index contributed by atoms with van der Waals surface area (Å²) in [5, 5.41) is 7.28. The van der Waals surface area contributed by atoms with E-state index in [9.17, 15) is 0 Å². The predicted octanol–water partition coefficient (Wildman–Crippen LogP) is 4.05. The van der Waals surface area contributed by atoms with E-state index in [1.54, 1.807) is 7.11 Å². The van der Waals surface area contributed by atoms with Crippen molar-refractivity contribution in [2.45, 2.75) is 19.5 Å². The van der Waals surface area contributed by atoms with Crippen molar-refractivity contribution in [1.82, 2.24) is 9.88 Å². The second-order valence-corrected chi connectivity index (χ2v) is 6.45. The van der Waals surface area contributed by atoms with E-state index in [1.165, 1.54) is 27.4 Å². The molecule has 0 saturated heterocycles. The number of hydrogen-bond donors (Lipinski definition) is 1. The molecule has 0 amide bonds. The van der Waals surface area contributed by atoms with Gasteiger partial charge in [0.05, 0.1) is 13.2 Å². The van der Waals surface area contributed by atoms with E-state index in [1.807, 2.05) is 23.5 Å². The fourth-order valence-electron chi connectivity index (χ4n) is 3.08. The van der Waals surface area contributed by atoms with Crippen LogP contribution in [0.3, 0.4) is 0 Å². The van der Waals surface area contributed by atoms with Crippen molar-refractivity contribution in [3.63, 3.8) is 0 Å². The number of aryl methyl sites for hydroxylation is 1. The van der Waals surface area contributed by atoms with Crippen LogP contribution in [0.5, 0.6) is 5.75 Å². The zero-order chi connectivity index (χ0) is 15.1. The third kappa shape index (κ3) is 2.07. The predicted molar refractivity (Wildman–Crippen MR) is 90.1 cm³/mol. The van der Waals surface area contributed by atoms with Crippen LogP contribution in [-0.4, -0.2) is 11.7 Å². The molecule has 3 heterocycles. The highest BCUT2D eigenvalue weighted by Crippen LogP contribution is 2.35. The summed E-state index contributed by atoms with van der Waals surface area (Å²) in [5.74, 6) is 0.891.